The standard InChI is InChI=1S/C24H19Cl2N3O6/c25-15-5-8-17(18(26)10-15)22(31)27(11-19(30)12-3-6-16(7-4-12)29(34)35)28-23(32)20-13-1-2-14(9-13)21(20)24(28)33/h3-8,10,13-14,20-21H,1-2,9,11H2/t13-,14-,20+,21+/m0/s1. The van der Waals surface area contributed by atoms with Gasteiger partial charge in [-0.25, -0.2) is 5.01 Å². The number of nitrogens with zero attached hydrogens (tertiary/aromatic N) is 3. The molecule has 11 heteroatoms. The van der Waals surface area contributed by atoms with Crippen LogP contribution in [-0.4, -0.2) is 45.0 Å². The summed E-state index contributed by atoms with van der Waals surface area (Å²) in [4.78, 5) is 63.8. The van der Waals surface area contributed by atoms with Crippen LogP contribution in [0.5, 0.6) is 0 Å². The van der Waals surface area contributed by atoms with Crippen LogP contribution in [0.15, 0.2) is 42.5 Å². The second-order valence-corrected chi connectivity index (χ2v) is 9.93. The van der Waals surface area contributed by atoms with Crippen LogP contribution in [-0.2, 0) is 9.59 Å². The average Bonchev–Trinajstić information content (AvgIpc) is 3.51. The van der Waals surface area contributed by atoms with Crippen molar-refractivity contribution in [2.24, 2.45) is 23.7 Å². The van der Waals surface area contributed by atoms with Gasteiger partial charge in [0.25, 0.3) is 23.4 Å². The number of hydrazine groups is 1. The highest BCUT2D eigenvalue weighted by Gasteiger charge is 2.62. The number of carbonyl (C=O) groups is 4. The Morgan fingerprint density at radius 2 is 1.60 bits per heavy atom. The van der Waals surface area contributed by atoms with Crippen LogP contribution in [0, 0.1) is 33.8 Å². The van der Waals surface area contributed by atoms with E-state index < -0.39 is 46.8 Å². The van der Waals surface area contributed by atoms with Crippen molar-refractivity contribution in [2.45, 2.75) is 19.3 Å². The molecule has 3 aliphatic rings. The molecule has 0 N–H and O–H groups in total. The smallest absolute Gasteiger partial charge is 0.274 e. The van der Waals surface area contributed by atoms with E-state index in [1.807, 2.05) is 0 Å². The number of fused-ring (bicyclic) bond motifs is 5. The van der Waals surface area contributed by atoms with Gasteiger partial charge in [-0.05, 0) is 61.4 Å². The number of hydrogen-bond donors (Lipinski definition) is 0. The normalized spacial score (nSPS) is 24.6. The minimum absolute atomic E-state index is 0.00893. The van der Waals surface area contributed by atoms with Crippen molar-refractivity contribution >= 4 is 52.4 Å². The van der Waals surface area contributed by atoms with E-state index in [-0.39, 0.29) is 33.7 Å². The van der Waals surface area contributed by atoms with E-state index >= 15 is 0 Å². The number of nitro groups is 1. The van der Waals surface area contributed by atoms with Gasteiger partial charge in [0.05, 0.1) is 27.3 Å². The minimum Gasteiger partial charge on any atom is -0.292 e. The molecule has 0 radical (unpaired) electrons. The summed E-state index contributed by atoms with van der Waals surface area (Å²) < 4.78 is 0. The van der Waals surface area contributed by atoms with Crippen LogP contribution in [0.1, 0.15) is 40.0 Å². The molecule has 1 aliphatic heterocycles. The lowest BCUT2D eigenvalue weighted by Gasteiger charge is -2.31. The van der Waals surface area contributed by atoms with Gasteiger partial charge < -0.3 is 0 Å². The molecule has 5 rings (SSSR count). The molecule has 0 aromatic heterocycles. The summed E-state index contributed by atoms with van der Waals surface area (Å²) >= 11 is 12.2. The van der Waals surface area contributed by atoms with Gasteiger partial charge in [-0.1, -0.05) is 23.2 Å². The number of benzene rings is 2. The first-order valence-corrected chi connectivity index (χ1v) is 11.8. The summed E-state index contributed by atoms with van der Waals surface area (Å²) in [7, 11) is 0. The van der Waals surface area contributed by atoms with Crippen LogP contribution >= 0.6 is 23.2 Å². The van der Waals surface area contributed by atoms with Crippen LogP contribution < -0.4 is 0 Å². The minimum atomic E-state index is -0.795. The molecule has 9 nitrogen and oxygen atoms in total. The maximum atomic E-state index is 13.6. The molecule has 3 fully saturated rings. The van der Waals surface area contributed by atoms with Gasteiger partial charge in [-0.15, -0.1) is 0 Å². The molecule has 180 valence electrons. The SMILES string of the molecule is O=C(CN(C(=O)c1ccc(Cl)cc1Cl)N1C(=O)[C@@H]2[C@H]3CC[C@@H](C3)[C@H]2C1=O)c1ccc([N+](=O)[O-])cc1. The highest BCUT2D eigenvalue weighted by Crippen LogP contribution is 2.56. The van der Waals surface area contributed by atoms with Crippen molar-refractivity contribution in [3.8, 4) is 0 Å². The zero-order valence-corrected chi connectivity index (χ0v) is 19.7. The lowest BCUT2D eigenvalue weighted by atomic mass is 9.81. The van der Waals surface area contributed by atoms with E-state index in [1.54, 1.807) is 0 Å². The Bertz CT molecular complexity index is 1250. The molecule has 2 aliphatic carbocycles. The van der Waals surface area contributed by atoms with Crippen molar-refractivity contribution < 1.29 is 24.1 Å². The number of carbonyl (C=O) groups excluding carboxylic acids is 4. The molecule has 2 saturated carbocycles. The first kappa shape index (κ1) is 23.4. The third kappa shape index (κ3) is 3.88. The second kappa shape index (κ2) is 8.73. The Hall–Kier alpha value is -3.30. The van der Waals surface area contributed by atoms with E-state index in [1.165, 1.54) is 42.5 Å². The van der Waals surface area contributed by atoms with Crippen molar-refractivity contribution in [3.63, 3.8) is 0 Å². The van der Waals surface area contributed by atoms with E-state index in [9.17, 15) is 29.3 Å². The lowest BCUT2D eigenvalue weighted by Crippen LogP contribution is -2.52. The molecular formula is C24H19Cl2N3O6. The Balaban J connectivity index is 1.50. The summed E-state index contributed by atoms with van der Waals surface area (Å²) in [6.07, 6.45) is 2.54. The summed E-state index contributed by atoms with van der Waals surface area (Å²) in [6.45, 7) is -0.623. The number of rotatable bonds is 6. The van der Waals surface area contributed by atoms with Gasteiger partial charge in [0.15, 0.2) is 5.78 Å². The topological polar surface area (TPSA) is 118 Å². The molecular weight excluding hydrogens is 497 g/mol. The van der Waals surface area contributed by atoms with Crippen LogP contribution in [0.2, 0.25) is 10.0 Å². The number of amides is 3. The average molecular weight is 516 g/mol. The largest absolute Gasteiger partial charge is 0.292 e. The number of nitro benzene ring substituents is 1. The molecule has 35 heavy (non-hydrogen) atoms. The monoisotopic (exact) mass is 515 g/mol. The third-order valence-corrected chi connectivity index (χ3v) is 7.78. The summed E-state index contributed by atoms with van der Waals surface area (Å²) in [6, 6.07) is 9.04. The van der Waals surface area contributed by atoms with E-state index in [2.05, 4.69) is 0 Å². The summed E-state index contributed by atoms with van der Waals surface area (Å²) in [5.41, 5.74) is -0.126. The molecule has 1 heterocycles. The van der Waals surface area contributed by atoms with Crippen molar-refractivity contribution in [3.05, 3.63) is 73.8 Å². The molecule has 2 aromatic carbocycles. The van der Waals surface area contributed by atoms with E-state index in [4.69, 9.17) is 23.2 Å². The van der Waals surface area contributed by atoms with Gasteiger partial charge in [0.2, 0.25) is 0 Å². The molecule has 2 aromatic rings. The number of halogens is 2. The van der Waals surface area contributed by atoms with Crippen LogP contribution in [0.25, 0.3) is 0 Å². The zero-order chi connectivity index (χ0) is 25.0. The quantitative estimate of drug-likeness (QED) is 0.246. The summed E-state index contributed by atoms with van der Waals surface area (Å²) in [5.74, 6) is -3.17. The third-order valence-electron chi connectivity index (χ3n) is 7.24. The number of Topliss-reactive ketones (excluding diaryl/α,β-unsaturated/α-hetero) is 1. The molecule has 0 spiro atoms. The fourth-order valence-electron chi connectivity index (χ4n) is 5.66. The first-order chi connectivity index (χ1) is 16.7. The number of ketones is 1. The van der Waals surface area contributed by atoms with Crippen LogP contribution in [0.3, 0.4) is 0 Å². The highest BCUT2D eigenvalue weighted by molar-refractivity contribution is 6.36. The molecule has 4 atom stereocenters. The molecule has 3 amide bonds. The zero-order valence-electron chi connectivity index (χ0n) is 18.2. The van der Waals surface area contributed by atoms with Gasteiger partial charge >= 0.3 is 0 Å². The fraction of sp³-hybridized carbons (Fsp3) is 0.333. The summed E-state index contributed by atoms with van der Waals surface area (Å²) in [5, 5.41) is 12.9. The second-order valence-electron chi connectivity index (χ2n) is 9.09. The van der Waals surface area contributed by atoms with E-state index in [0.29, 0.717) is 5.02 Å². The predicted octanol–water partition coefficient (Wildman–Crippen LogP) is 4.17. The molecule has 0 unspecified atom stereocenters. The first-order valence-electron chi connectivity index (χ1n) is 11.1. The van der Waals surface area contributed by atoms with Crippen molar-refractivity contribution in [1.29, 1.82) is 0 Å². The number of imide groups is 1. The Morgan fingerprint density at radius 1 is 1.00 bits per heavy atom. The number of non-ortho nitro benzene ring substituents is 1. The maximum absolute atomic E-state index is 13.6. The molecule has 1 saturated heterocycles. The van der Waals surface area contributed by atoms with Crippen molar-refractivity contribution in [2.75, 3.05) is 6.54 Å². The predicted molar refractivity (Wildman–Crippen MR) is 125 cm³/mol. The van der Waals surface area contributed by atoms with E-state index in [0.717, 1.165) is 29.3 Å². The lowest BCUT2D eigenvalue weighted by molar-refractivity contribution is -0.384. The Labute approximate surface area is 209 Å². The Morgan fingerprint density at radius 3 is 2.14 bits per heavy atom. The maximum Gasteiger partial charge on any atom is 0.274 e. The van der Waals surface area contributed by atoms with Gasteiger partial charge in [-0.3, -0.25) is 29.3 Å². The van der Waals surface area contributed by atoms with Crippen molar-refractivity contribution in [1.82, 2.24) is 10.0 Å². The van der Waals surface area contributed by atoms with Gasteiger partial charge in [0.1, 0.15) is 6.54 Å². The van der Waals surface area contributed by atoms with Gasteiger partial charge in [-0.2, -0.15) is 5.01 Å². The van der Waals surface area contributed by atoms with Gasteiger partial charge in [0, 0.05) is 22.7 Å². The fourth-order valence-corrected chi connectivity index (χ4v) is 6.15. The number of hydrogen-bond acceptors (Lipinski definition) is 6. The van der Waals surface area contributed by atoms with Crippen LogP contribution in [0.4, 0.5) is 5.69 Å². The Kier molecular flexibility index (Phi) is 5.85. The highest BCUT2D eigenvalue weighted by atomic mass is 35.5. The molecule has 2 bridgehead atoms.